The molecule has 13 heavy (non-hydrogen) atoms. The summed E-state index contributed by atoms with van der Waals surface area (Å²) in [6.07, 6.45) is 0. The lowest BCUT2D eigenvalue weighted by Gasteiger charge is -1.99. The van der Waals surface area contributed by atoms with Gasteiger partial charge in [-0.05, 0) is 18.2 Å². The number of benzene rings is 1. The molecule has 0 aliphatic carbocycles. The Morgan fingerprint density at radius 1 is 1.23 bits per heavy atom. The molecule has 0 atom stereocenters. The largest absolute Gasteiger partial charge is 0.252 e. The minimum atomic E-state index is 0.461. The summed E-state index contributed by atoms with van der Waals surface area (Å²) in [5.74, 6) is 0.461. The highest BCUT2D eigenvalue weighted by atomic mass is 79.9. The molecule has 0 saturated heterocycles. The van der Waals surface area contributed by atoms with Crippen LogP contribution in [-0.4, -0.2) is 4.98 Å². The first-order valence-electron chi connectivity index (χ1n) is 3.91. The van der Waals surface area contributed by atoms with Crippen molar-refractivity contribution in [3.8, 4) is 0 Å². The van der Waals surface area contributed by atoms with Crippen LogP contribution in [0.4, 0.5) is 0 Å². The van der Waals surface area contributed by atoms with Gasteiger partial charge in [-0.15, -0.1) is 11.6 Å². The van der Waals surface area contributed by atoms with E-state index in [1.54, 1.807) is 0 Å². The summed E-state index contributed by atoms with van der Waals surface area (Å²) in [4.78, 5) is 4.39. The number of rotatable bonds is 1. The highest BCUT2D eigenvalue weighted by molar-refractivity contribution is 9.10. The molecule has 0 radical (unpaired) electrons. The second-order valence-corrected chi connectivity index (χ2v) is 3.96. The molecule has 1 heterocycles. The Bertz CT molecular complexity index is 442. The fraction of sp³-hybridized carbons (Fsp3) is 0.100. The molecule has 0 aliphatic rings. The van der Waals surface area contributed by atoms with Crippen molar-refractivity contribution in [2.24, 2.45) is 0 Å². The van der Waals surface area contributed by atoms with Gasteiger partial charge in [0.1, 0.15) is 0 Å². The van der Waals surface area contributed by atoms with Crippen LogP contribution >= 0.6 is 27.5 Å². The number of nitrogens with zero attached hydrogens (tertiary/aromatic N) is 1. The molecule has 66 valence electrons. The van der Waals surface area contributed by atoms with Crippen LogP contribution < -0.4 is 0 Å². The predicted molar refractivity (Wildman–Crippen MR) is 59.0 cm³/mol. The van der Waals surface area contributed by atoms with E-state index in [1.165, 1.54) is 0 Å². The van der Waals surface area contributed by atoms with Crippen molar-refractivity contribution >= 4 is 38.4 Å². The minimum Gasteiger partial charge on any atom is -0.252 e. The number of aromatic nitrogens is 1. The minimum absolute atomic E-state index is 0.461. The maximum atomic E-state index is 5.69. The molecule has 1 nitrogen and oxygen atoms in total. The van der Waals surface area contributed by atoms with Crippen molar-refractivity contribution in [3.05, 3.63) is 40.5 Å². The smallest absolute Gasteiger partial charge is 0.0717 e. The Balaban J connectivity index is 2.68. The van der Waals surface area contributed by atoms with E-state index in [1.807, 2.05) is 30.3 Å². The van der Waals surface area contributed by atoms with E-state index >= 15 is 0 Å². The Kier molecular flexibility index (Phi) is 2.51. The van der Waals surface area contributed by atoms with Crippen LogP contribution in [-0.2, 0) is 5.88 Å². The number of halogens is 2. The van der Waals surface area contributed by atoms with E-state index in [0.29, 0.717) is 5.88 Å². The standard InChI is InChI=1S/C10H7BrClN/c11-8-3-1-7-2-4-9(6-12)13-10(7)5-8/h1-5H,6H2. The Hall–Kier alpha value is -0.600. The molecule has 0 saturated carbocycles. The predicted octanol–water partition coefficient (Wildman–Crippen LogP) is 3.74. The first-order valence-corrected chi connectivity index (χ1v) is 5.23. The zero-order valence-corrected chi connectivity index (χ0v) is 9.14. The van der Waals surface area contributed by atoms with Crippen molar-refractivity contribution in [3.63, 3.8) is 0 Å². The topological polar surface area (TPSA) is 12.9 Å². The molecule has 2 rings (SSSR count). The summed E-state index contributed by atoms with van der Waals surface area (Å²) >= 11 is 9.10. The van der Waals surface area contributed by atoms with Gasteiger partial charge in [0.2, 0.25) is 0 Å². The third-order valence-corrected chi connectivity index (χ3v) is 2.62. The van der Waals surface area contributed by atoms with Gasteiger partial charge in [-0.25, -0.2) is 0 Å². The number of hydrogen-bond donors (Lipinski definition) is 0. The van der Waals surface area contributed by atoms with Gasteiger partial charge in [0, 0.05) is 9.86 Å². The van der Waals surface area contributed by atoms with Crippen LogP contribution in [0.2, 0.25) is 0 Å². The maximum Gasteiger partial charge on any atom is 0.0717 e. The summed E-state index contributed by atoms with van der Waals surface area (Å²) < 4.78 is 1.04. The normalized spacial score (nSPS) is 10.6. The SMILES string of the molecule is ClCc1ccc2ccc(Br)cc2n1. The van der Waals surface area contributed by atoms with E-state index in [9.17, 15) is 0 Å². The first-order chi connectivity index (χ1) is 6.29. The molecular weight excluding hydrogens is 249 g/mol. The van der Waals surface area contributed by atoms with Crippen LogP contribution in [0.25, 0.3) is 10.9 Å². The molecule has 2 aromatic rings. The molecule has 0 aliphatic heterocycles. The van der Waals surface area contributed by atoms with E-state index < -0.39 is 0 Å². The van der Waals surface area contributed by atoms with E-state index in [0.717, 1.165) is 21.1 Å². The first kappa shape index (κ1) is 8.97. The molecule has 0 amide bonds. The number of pyridine rings is 1. The van der Waals surface area contributed by atoms with Crippen LogP contribution in [0.3, 0.4) is 0 Å². The average Bonchev–Trinajstić information content (AvgIpc) is 2.16. The Morgan fingerprint density at radius 2 is 2.00 bits per heavy atom. The number of alkyl halides is 1. The van der Waals surface area contributed by atoms with Crippen LogP contribution in [0.5, 0.6) is 0 Å². The van der Waals surface area contributed by atoms with Gasteiger partial charge in [0.05, 0.1) is 17.1 Å². The highest BCUT2D eigenvalue weighted by Crippen LogP contribution is 2.18. The van der Waals surface area contributed by atoms with Gasteiger partial charge >= 0.3 is 0 Å². The lowest BCUT2D eigenvalue weighted by molar-refractivity contribution is 1.22. The summed E-state index contributed by atoms with van der Waals surface area (Å²) in [6, 6.07) is 10.0. The van der Waals surface area contributed by atoms with E-state index in [-0.39, 0.29) is 0 Å². The molecule has 1 aromatic carbocycles. The van der Waals surface area contributed by atoms with Gasteiger partial charge in [0.15, 0.2) is 0 Å². The van der Waals surface area contributed by atoms with Gasteiger partial charge in [0.25, 0.3) is 0 Å². The molecule has 0 spiro atoms. The molecule has 0 fully saturated rings. The van der Waals surface area contributed by atoms with Crippen LogP contribution in [0.15, 0.2) is 34.8 Å². The summed E-state index contributed by atoms with van der Waals surface area (Å²) in [6.45, 7) is 0. The van der Waals surface area contributed by atoms with Gasteiger partial charge in [-0.3, -0.25) is 4.98 Å². The Labute approximate surface area is 89.9 Å². The lowest BCUT2D eigenvalue weighted by Crippen LogP contribution is -1.85. The monoisotopic (exact) mass is 255 g/mol. The van der Waals surface area contributed by atoms with Crippen molar-refractivity contribution < 1.29 is 0 Å². The average molecular weight is 257 g/mol. The lowest BCUT2D eigenvalue weighted by atomic mass is 10.2. The van der Waals surface area contributed by atoms with Gasteiger partial charge in [-0.1, -0.05) is 28.1 Å². The Morgan fingerprint density at radius 3 is 2.77 bits per heavy atom. The van der Waals surface area contributed by atoms with Crippen molar-refractivity contribution in [2.75, 3.05) is 0 Å². The van der Waals surface area contributed by atoms with Gasteiger partial charge < -0.3 is 0 Å². The quantitative estimate of drug-likeness (QED) is 0.708. The third kappa shape index (κ3) is 1.84. The second kappa shape index (κ2) is 3.64. The zero-order valence-electron chi connectivity index (χ0n) is 6.80. The fourth-order valence-electron chi connectivity index (χ4n) is 1.21. The van der Waals surface area contributed by atoms with Crippen LogP contribution in [0.1, 0.15) is 5.69 Å². The highest BCUT2D eigenvalue weighted by Gasteiger charge is 1.97. The second-order valence-electron chi connectivity index (χ2n) is 2.77. The summed E-state index contributed by atoms with van der Waals surface area (Å²) in [5.41, 5.74) is 1.89. The molecule has 0 unspecified atom stereocenters. The van der Waals surface area contributed by atoms with Crippen LogP contribution in [0, 0.1) is 0 Å². The van der Waals surface area contributed by atoms with Crippen molar-refractivity contribution in [1.29, 1.82) is 0 Å². The molecule has 3 heteroatoms. The number of hydrogen-bond acceptors (Lipinski definition) is 1. The zero-order chi connectivity index (χ0) is 9.26. The molecule has 0 N–H and O–H groups in total. The maximum absolute atomic E-state index is 5.69. The number of fused-ring (bicyclic) bond motifs is 1. The summed E-state index contributed by atoms with van der Waals surface area (Å²) in [7, 11) is 0. The summed E-state index contributed by atoms with van der Waals surface area (Å²) in [5, 5.41) is 1.14. The molecule has 1 aromatic heterocycles. The van der Waals surface area contributed by atoms with E-state index in [4.69, 9.17) is 11.6 Å². The van der Waals surface area contributed by atoms with Crippen molar-refractivity contribution in [2.45, 2.75) is 5.88 Å². The fourth-order valence-corrected chi connectivity index (χ4v) is 1.70. The molecule has 0 bridgehead atoms. The molecular formula is C10H7BrClN. The van der Waals surface area contributed by atoms with E-state index in [2.05, 4.69) is 20.9 Å². The van der Waals surface area contributed by atoms with Gasteiger partial charge in [-0.2, -0.15) is 0 Å². The third-order valence-electron chi connectivity index (χ3n) is 1.85. The van der Waals surface area contributed by atoms with Crippen molar-refractivity contribution in [1.82, 2.24) is 4.98 Å².